The summed E-state index contributed by atoms with van der Waals surface area (Å²) < 4.78 is 37.5. The highest BCUT2D eigenvalue weighted by Gasteiger charge is 2.24. The van der Waals surface area contributed by atoms with Crippen LogP contribution in [0.5, 0.6) is 0 Å². The summed E-state index contributed by atoms with van der Waals surface area (Å²) in [7, 11) is 6.85. The smallest absolute Gasteiger partial charge is 0.336 e. The molecule has 1 heterocycles. The van der Waals surface area contributed by atoms with E-state index >= 15 is 0 Å². The number of halogens is 2. The average Bonchev–Trinajstić information content (AvgIpc) is 2.71. The predicted molar refractivity (Wildman–Crippen MR) is 117 cm³/mol. The Morgan fingerprint density at radius 2 is 1.71 bits per heavy atom. The average molecular weight is 423 g/mol. The van der Waals surface area contributed by atoms with Crippen molar-refractivity contribution in [2.45, 2.75) is 0 Å². The van der Waals surface area contributed by atoms with Crippen LogP contribution in [0.2, 0.25) is 0 Å². The molecular formula is C24H21F2N2O3+. The van der Waals surface area contributed by atoms with E-state index in [9.17, 15) is 18.7 Å². The van der Waals surface area contributed by atoms with Crippen LogP contribution < -0.4 is 14.8 Å². The zero-order valence-electron chi connectivity index (χ0n) is 17.5. The van der Waals surface area contributed by atoms with Crippen LogP contribution in [-0.2, 0) is 0 Å². The number of fused-ring (bicyclic) bond motifs is 2. The molecule has 2 aliphatic rings. The van der Waals surface area contributed by atoms with E-state index in [4.69, 9.17) is 4.42 Å². The first-order valence-electron chi connectivity index (χ1n) is 9.59. The van der Waals surface area contributed by atoms with E-state index in [-0.39, 0.29) is 5.56 Å². The van der Waals surface area contributed by atoms with Gasteiger partial charge in [0.2, 0.25) is 5.36 Å². The van der Waals surface area contributed by atoms with Gasteiger partial charge in [-0.3, -0.25) is 0 Å². The molecular weight excluding hydrogens is 402 g/mol. The van der Waals surface area contributed by atoms with Gasteiger partial charge < -0.3 is 14.4 Å². The maximum absolute atomic E-state index is 14.9. The number of hydrogen-bond acceptors (Lipinski definition) is 3. The molecule has 2 aromatic rings. The maximum Gasteiger partial charge on any atom is 0.336 e. The van der Waals surface area contributed by atoms with Gasteiger partial charge in [-0.1, -0.05) is 18.2 Å². The van der Waals surface area contributed by atoms with Crippen LogP contribution in [0.1, 0.15) is 10.4 Å². The zero-order valence-corrected chi connectivity index (χ0v) is 17.5. The van der Waals surface area contributed by atoms with E-state index in [1.165, 1.54) is 18.2 Å². The second-order valence-electron chi connectivity index (χ2n) is 7.72. The molecule has 0 spiro atoms. The molecule has 0 atom stereocenters. The molecule has 158 valence electrons. The van der Waals surface area contributed by atoms with Crippen LogP contribution >= 0.6 is 0 Å². The molecule has 1 N–H and O–H groups in total. The van der Waals surface area contributed by atoms with Gasteiger partial charge in [-0.05, 0) is 23.8 Å². The van der Waals surface area contributed by atoms with Crippen LogP contribution in [0.4, 0.5) is 14.5 Å². The molecule has 2 aromatic carbocycles. The highest BCUT2D eigenvalue weighted by molar-refractivity contribution is 6.07. The summed E-state index contributed by atoms with van der Waals surface area (Å²) in [5, 5.41) is 10.4. The van der Waals surface area contributed by atoms with Gasteiger partial charge in [0, 0.05) is 36.7 Å². The zero-order chi connectivity index (χ0) is 22.4. The summed E-state index contributed by atoms with van der Waals surface area (Å²) in [5.74, 6) is -1.75. The summed E-state index contributed by atoms with van der Waals surface area (Å²) in [6, 6.07) is 12.1. The Hall–Kier alpha value is -3.74. The van der Waals surface area contributed by atoms with Crippen LogP contribution in [0.15, 0.2) is 52.9 Å². The highest BCUT2D eigenvalue weighted by Crippen LogP contribution is 2.42. The Bertz CT molecular complexity index is 1390. The fraction of sp³-hybridized carbons (Fsp3) is 0.167. The number of carboxylic acids is 1. The first-order valence-corrected chi connectivity index (χ1v) is 9.59. The molecule has 0 saturated carbocycles. The van der Waals surface area contributed by atoms with Gasteiger partial charge in [-0.15, -0.1) is 0 Å². The van der Waals surface area contributed by atoms with E-state index in [1.54, 1.807) is 68.0 Å². The van der Waals surface area contributed by atoms with E-state index in [0.717, 1.165) is 0 Å². The summed E-state index contributed by atoms with van der Waals surface area (Å²) in [4.78, 5) is 13.5. The van der Waals surface area contributed by atoms with Crippen LogP contribution in [0, 0.1) is 11.6 Å². The Balaban J connectivity index is 2.26. The molecule has 31 heavy (non-hydrogen) atoms. The van der Waals surface area contributed by atoms with Crippen molar-refractivity contribution in [2.75, 3.05) is 33.1 Å². The Morgan fingerprint density at radius 3 is 2.35 bits per heavy atom. The monoisotopic (exact) mass is 423 g/mol. The highest BCUT2D eigenvalue weighted by atomic mass is 19.1. The number of carboxylic acid groups (broad SMARTS) is 1. The van der Waals surface area contributed by atoms with Crippen molar-refractivity contribution in [1.29, 1.82) is 0 Å². The standard InChI is InChI=1S/C24H20F2N2O3/c1-27(2)19-11-21-15(9-17(19)25)23(13-7-5-6-8-14(13)24(29)30)16-10-18(26)20(28(3)4)12-22(16)31-21/h5-12H,1-4H3/p+1. The lowest BCUT2D eigenvalue weighted by Crippen LogP contribution is -2.25. The van der Waals surface area contributed by atoms with Gasteiger partial charge >= 0.3 is 5.97 Å². The normalized spacial score (nSPS) is 11.2. The lowest BCUT2D eigenvalue weighted by Gasteiger charge is -2.19. The van der Waals surface area contributed by atoms with E-state index in [1.807, 2.05) is 0 Å². The minimum Gasteiger partial charge on any atom is -0.478 e. The molecule has 0 aromatic heterocycles. The van der Waals surface area contributed by atoms with Crippen molar-refractivity contribution in [3.05, 3.63) is 71.1 Å². The Morgan fingerprint density at radius 1 is 1.00 bits per heavy atom. The number of nitrogens with zero attached hydrogens (tertiary/aromatic N) is 2. The van der Waals surface area contributed by atoms with Crippen molar-refractivity contribution >= 4 is 22.6 Å². The molecule has 0 bridgehead atoms. The maximum atomic E-state index is 14.9. The fourth-order valence-electron chi connectivity index (χ4n) is 3.77. The second kappa shape index (κ2) is 7.50. The Kier molecular flexibility index (Phi) is 4.97. The predicted octanol–water partition coefficient (Wildman–Crippen LogP) is 4.28. The summed E-state index contributed by atoms with van der Waals surface area (Å²) in [6.45, 7) is 0. The van der Waals surface area contributed by atoms with Crippen molar-refractivity contribution in [2.24, 2.45) is 0 Å². The SMILES string of the molecule is CN(C)c1cc2oc3cc(=[N+](C)C)c(F)cc-3c(-c3ccccc3C(=O)O)c2cc1F. The number of hydrogen-bond donors (Lipinski definition) is 1. The topological polar surface area (TPSA) is 56.7 Å². The van der Waals surface area contributed by atoms with E-state index in [2.05, 4.69) is 0 Å². The van der Waals surface area contributed by atoms with Gasteiger partial charge in [0.1, 0.15) is 31.3 Å². The summed E-state index contributed by atoms with van der Waals surface area (Å²) in [6.07, 6.45) is 0. The van der Waals surface area contributed by atoms with Gasteiger partial charge in [0.15, 0.2) is 5.82 Å². The third kappa shape index (κ3) is 3.42. The van der Waals surface area contributed by atoms with Crippen LogP contribution in [0.3, 0.4) is 0 Å². The number of rotatable bonds is 3. The first kappa shape index (κ1) is 20.5. The minimum absolute atomic E-state index is 0.0329. The van der Waals surface area contributed by atoms with Crippen LogP contribution in [0.25, 0.3) is 33.4 Å². The third-order valence-corrected chi connectivity index (χ3v) is 5.25. The summed E-state index contributed by atoms with van der Waals surface area (Å²) >= 11 is 0. The molecule has 4 rings (SSSR count). The number of benzene rings is 3. The molecule has 0 unspecified atom stereocenters. The van der Waals surface area contributed by atoms with Gasteiger partial charge in [-0.25, -0.2) is 13.8 Å². The van der Waals surface area contributed by atoms with Crippen molar-refractivity contribution in [3.8, 4) is 22.5 Å². The molecule has 1 aliphatic carbocycles. The summed E-state index contributed by atoms with van der Waals surface area (Å²) in [5.41, 5.74) is 1.84. The quantitative estimate of drug-likeness (QED) is 0.395. The number of anilines is 1. The molecule has 0 saturated heterocycles. The largest absolute Gasteiger partial charge is 0.478 e. The van der Waals surface area contributed by atoms with Gasteiger partial charge in [0.05, 0.1) is 17.3 Å². The minimum atomic E-state index is -1.13. The molecule has 0 fully saturated rings. The van der Waals surface area contributed by atoms with E-state index < -0.39 is 17.6 Å². The van der Waals surface area contributed by atoms with Crippen LogP contribution in [-0.4, -0.2) is 39.3 Å². The Labute approximate surface area is 177 Å². The van der Waals surface area contributed by atoms with Gasteiger partial charge in [0.25, 0.3) is 0 Å². The lowest BCUT2D eigenvalue weighted by atomic mass is 9.90. The molecule has 0 radical (unpaired) electrons. The van der Waals surface area contributed by atoms with Crippen molar-refractivity contribution < 1.29 is 23.1 Å². The van der Waals surface area contributed by atoms with Crippen molar-refractivity contribution in [3.63, 3.8) is 0 Å². The second-order valence-corrected chi connectivity index (χ2v) is 7.72. The molecule has 7 heteroatoms. The fourth-order valence-corrected chi connectivity index (χ4v) is 3.77. The third-order valence-electron chi connectivity index (χ3n) is 5.25. The molecule has 1 aliphatic heterocycles. The van der Waals surface area contributed by atoms with Gasteiger partial charge in [-0.2, -0.15) is 4.39 Å². The molecule has 5 nitrogen and oxygen atoms in total. The molecule has 0 amide bonds. The lowest BCUT2D eigenvalue weighted by molar-refractivity contribution is 0.0697. The van der Waals surface area contributed by atoms with E-state index in [0.29, 0.717) is 44.5 Å². The number of carbonyl (C=O) groups is 1. The first-order chi connectivity index (χ1) is 14.7. The number of aromatic carboxylic acids is 1. The van der Waals surface area contributed by atoms with Crippen molar-refractivity contribution in [1.82, 2.24) is 4.58 Å².